The first-order valence-corrected chi connectivity index (χ1v) is 13.4. The van der Waals surface area contributed by atoms with Crippen LogP contribution in [0, 0.1) is 11.7 Å². The van der Waals surface area contributed by atoms with Crippen molar-refractivity contribution in [3.63, 3.8) is 0 Å². The number of hydrogen-bond acceptors (Lipinski definition) is 4. The average Bonchev–Trinajstić information content (AvgIpc) is 3.46. The Morgan fingerprint density at radius 3 is 2.64 bits per heavy atom. The van der Waals surface area contributed by atoms with E-state index in [0.29, 0.717) is 33.9 Å². The van der Waals surface area contributed by atoms with Gasteiger partial charge < -0.3 is 14.8 Å². The molecule has 196 valence electrons. The van der Waals surface area contributed by atoms with Crippen LogP contribution in [0.4, 0.5) is 15.8 Å². The largest absolute Gasteiger partial charge is 0.493 e. The predicted molar refractivity (Wildman–Crippen MR) is 155 cm³/mol. The Kier molecular flexibility index (Phi) is 7.08. The van der Waals surface area contributed by atoms with Crippen LogP contribution in [0.5, 0.6) is 11.5 Å². The maximum absolute atomic E-state index is 14.0. The molecule has 6 heteroatoms. The number of aliphatic imine (C=N–C) groups is 1. The Balaban J connectivity index is 1.17. The highest BCUT2D eigenvalue weighted by Crippen LogP contribution is 2.49. The summed E-state index contributed by atoms with van der Waals surface area (Å²) < 4.78 is 25.3. The third-order valence-corrected chi connectivity index (χ3v) is 7.75. The summed E-state index contributed by atoms with van der Waals surface area (Å²) in [5.74, 6) is 1.45. The smallest absolute Gasteiger partial charge is 0.180 e. The van der Waals surface area contributed by atoms with Gasteiger partial charge in [-0.2, -0.15) is 0 Å². The first-order chi connectivity index (χ1) is 19.1. The van der Waals surface area contributed by atoms with Gasteiger partial charge in [0.25, 0.3) is 0 Å². The van der Waals surface area contributed by atoms with E-state index in [-0.39, 0.29) is 18.5 Å². The van der Waals surface area contributed by atoms with Gasteiger partial charge in [-0.05, 0) is 65.4 Å². The van der Waals surface area contributed by atoms with Crippen molar-refractivity contribution in [2.75, 3.05) is 12.4 Å². The second-order valence-corrected chi connectivity index (χ2v) is 10.2. The van der Waals surface area contributed by atoms with Gasteiger partial charge in [0.1, 0.15) is 12.4 Å². The molecule has 0 unspecified atom stereocenters. The highest BCUT2D eigenvalue weighted by molar-refractivity contribution is 6.32. The highest BCUT2D eigenvalue weighted by atomic mass is 35.5. The fourth-order valence-corrected chi connectivity index (χ4v) is 5.78. The van der Waals surface area contributed by atoms with Crippen LogP contribution in [0.1, 0.15) is 40.6 Å². The molecule has 4 aromatic rings. The molecule has 0 amide bonds. The lowest BCUT2D eigenvalue weighted by atomic mass is 9.77. The number of allylic oxidation sites excluding steroid dienone is 2. The molecule has 0 fully saturated rings. The van der Waals surface area contributed by atoms with E-state index < -0.39 is 0 Å². The quantitative estimate of drug-likeness (QED) is 0.189. The standard InChI is InChI=1S/C33H28ClFN2O2/c1-38-31-18-21(17-28(34)33(31)39-20-23-7-2-4-11-29(23)35)19-36-24-15-13-22(14-16-24)32-27-10-6-9-25(27)26-8-3-5-12-30(26)37-32/h2-9,11-19,25,27,32,37H,10,20H2,1H3/t25-,27+,32-/m0/s1. The maximum Gasteiger partial charge on any atom is 0.180 e. The number of ether oxygens (including phenoxy) is 2. The van der Waals surface area contributed by atoms with E-state index in [2.05, 4.69) is 58.9 Å². The lowest BCUT2D eigenvalue weighted by Crippen LogP contribution is -2.28. The van der Waals surface area contributed by atoms with Crippen molar-refractivity contribution < 1.29 is 13.9 Å². The minimum atomic E-state index is -0.328. The minimum absolute atomic E-state index is 0.0433. The van der Waals surface area contributed by atoms with E-state index in [0.717, 1.165) is 17.7 Å². The molecule has 0 bridgehead atoms. The molecule has 4 nitrogen and oxygen atoms in total. The van der Waals surface area contributed by atoms with Gasteiger partial charge in [0.05, 0.1) is 23.9 Å². The number of nitrogens with zero attached hydrogens (tertiary/aromatic N) is 1. The summed E-state index contributed by atoms with van der Waals surface area (Å²) >= 11 is 6.52. The third kappa shape index (κ3) is 5.15. The number of benzene rings is 4. The monoisotopic (exact) mass is 538 g/mol. The van der Waals surface area contributed by atoms with E-state index in [1.54, 1.807) is 43.7 Å². The van der Waals surface area contributed by atoms with Crippen molar-refractivity contribution in [3.05, 3.63) is 130 Å². The number of hydrogen-bond donors (Lipinski definition) is 1. The zero-order chi connectivity index (χ0) is 26.8. The van der Waals surface area contributed by atoms with Gasteiger partial charge >= 0.3 is 0 Å². The zero-order valence-electron chi connectivity index (χ0n) is 21.5. The number of para-hydroxylation sites is 1. The second-order valence-electron chi connectivity index (χ2n) is 9.83. The molecule has 0 saturated carbocycles. The number of methoxy groups -OCH3 is 1. The van der Waals surface area contributed by atoms with Crippen molar-refractivity contribution in [3.8, 4) is 11.5 Å². The molecule has 0 aromatic heterocycles. The van der Waals surface area contributed by atoms with E-state index in [1.807, 2.05) is 12.1 Å². The summed E-state index contributed by atoms with van der Waals surface area (Å²) in [5, 5.41) is 4.14. The molecule has 1 aliphatic carbocycles. The summed E-state index contributed by atoms with van der Waals surface area (Å²) in [6.07, 6.45) is 7.47. The van der Waals surface area contributed by atoms with Crippen LogP contribution < -0.4 is 14.8 Å². The topological polar surface area (TPSA) is 42.8 Å². The number of anilines is 1. The van der Waals surface area contributed by atoms with Gasteiger partial charge in [-0.15, -0.1) is 0 Å². The summed E-state index contributed by atoms with van der Waals surface area (Å²) in [6, 6.07) is 27.3. The van der Waals surface area contributed by atoms with E-state index in [9.17, 15) is 4.39 Å². The summed E-state index contributed by atoms with van der Waals surface area (Å²) in [4.78, 5) is 4.65. The molecule has 4 aromatic carbocycles. The molecule has 1 N–H and O–H groups in total. The molecule has 1 aliphatic heterocycles. The lowest BCUT2D eigenvalue weighted by Gasteiger charge is -2.37. The highest BCUT2D eigenvalue weighted by Gasteiger charge is 2.37. The van der Waals surface area contributed by atoms with E-state index >= 15 is 0 Å². The average molecular weight is 539 g/mol. The molecular formula is C33H28ClFN2O2. The Morgan fingerprint density at radius 1 is 1.03 bits per heavy atom. The number of fused-ring (bicyclic) bond motifs is 3. The van der Waals surface area contributed by atoms with Crippen molar-refractivity contribution in [2.45, 2.75) is 25.0 Å². The molecular weight excluding hydrogens is 511 g/mol. The fraction of sp³-hybridized carbons (Fsp3) is 0.182. The molecule has 1 heterocycles. The van der Waals surface area contributed by atoms with Crippen molar-refractivity contribution in [1.82, 2.24) is 0 Å². The first-order valence-electron chi connectivity index (χ1n) is 13.0. The molecule has 0 spiro atoms. The van der Waals surface area contributed by atoms with Crippen LogP contribution >= 0.6 is 11.6 Å². The SMILES string of the molecule is COc1cc(C=Nc2ccc([C@@H]3Nc4ccccc4[C@@H]4C=CC[C@H]43)cc2)cc(Cl)c1OCc1ccccc1F. The van der Waals surface area contributed by atoms with Crippen LogP contribution in [0.2, 0.25) is 5.02 Å². The minimum Gasteiger partial charge on any atom is -0.493 e. The fourth-order valence-electron chi connectivity index (χ4n) is 5.51. The van der Waals surface area contributed by atoms with Crippen molar-refractivity contribution >= 4 is 29.2 Å². The number of halogens is 2. The third-order valence-electron chi connectivity index (χ3n) is 7.47. The summed E-state index contributed by atoms with van der Waals surface area (Å²) in [5.41, 5.74) is 5.90. The number of rotatable bonds is 7. The zero-order valence-corrected chi connectivity index (χ0v) is 22.2. The van der Waals surface area contributed by atoms with E-state index in [4.69, 9.17) is 21.1 Å². The van der Waals surface area contributed by atoms with Gasteiger partial charge in [0.2, 0.25) is 0 Å². The second kappa shape index (κ2) is 11.0. The Hall–Kier alpha value is -4.09. The van der Waals surface area contributed by atoms with Gasteiger partial charge in [0, 0.05) is 23.4 Å². The molecule has 2 aliphatic rings. The van der Waals surface area contributed by atoms with Crippen LogP contribution in [0.25, 0.3) is 0 Å². The summed E-state index contributed by atoms with van der Waals surface area (Å²) in [7, 11) is 1.55. The molecule has 0 saturated heterocycles. The van der Waals surface area contributed by atoms with Gasteiger partial charge in [-0.25, -0.2) is 4.39 Å². The van der Waals surface area contributed by atoms with Gasteiger partial charge in [-0.3, -0.25) is 4.99 Å². The molecule has 0 radical (unpaired) electrons. The Labute approximate surface area is 232 Å². The lowest BCUT2D eigenvalue weighted by molar-refractivity contribution is 0.280. The van der Waals surface area contributed by atoms with Crippen LogP contribution in [-0.2, 0) is 6.61 Å². The Morgan fingerprint density at radius 2 is 1.82 bits per heavy atom. The molecule has 6 rings (SSSR count). The van der Waals surface area contributed by atoms with Gasteiger partial charge in [0.15, 0.2) is 11.5 Å². The maximum atomic E-state index is 14.0. The van der Waals surface area contributed by atoms with Crippen molar-refractivity contribution in [2.24, 2.45) is 10.9 Å². The normalized spacial score (nSPS) is 19.4. The Bertz CT molecular complexity index is 1550. The van der Waals surface area contributed by atoms with Crippen LogP contribution in [0.15, 0.2) is 102 Å². The predicted octanol–water partition coefficient (Wildman–Crippen LogP) is 8.64. The van der Waals surface area contributed by atoms with Gasteiger partial charge in [-0.1, -0.05) is 72.3 Å². The van der Waals surface area contributed by atoms with E-state index in [1.165, 1.54) is 22.9 Å². The van der Waals surface area contributed by atoms with Crippen molar-refractivity contribution in [1.29, 1.82) is 0 Å². The van der Waals surface area contributed by atoms with Crippen LogP contribution in [-0.4, -0.2) is 13.3 Å². The first kappa shape index (κ1) is 25.2. The number of nitrogens with one attached hydrogen (secondary N) is 1. The molecule has 3 atom stereocenters. The molecule has 39 heavy (non-hydrogen) atoms. The van der Waals surface area contributed by atoms with Crippen LogP contribution in [0.3, 0.4) is 0 Å². The summed E-state index contributed by atoms with van der Waals surface area (Å²) in [6.45, 7) is 0.0433.